The maximum Gasteiger partial charge on any atom is 0.0766 e. The number of para-hydroxylation sites is 1. The highest BCUT2D eigenvalue weighted by Gasteiger charge is 2.14. The molecule has 1 aromatic carbocycles. The van der Waals surface area contributed by atoms with Gasteiger partial charge in [-0.3, -0.25) is 0 Å². The predicted octanol–water partition coefficient (Wildman–Crippen LogP) is 2.76. The summed E-state index contributed by atoms with van der Waals surface area (Å²) in [4.78, 5) is 0. The van der Waals surface area contributed by atoms with Crippen LogP contribution in [0.5, 0.6) is 0 Å². The summed E-state index contributed by atoms with van der Waals surface area (Å²) in [6.45, 7) is 5.96. The SMILES string of the molecule is CC(C)c1c(NCCCN)cnn1-c1ccccc1. The van der Waals surface area contributed by atoms with E-state index in [1.54, 1.807) is 0 Å². The molecule has 0 saturated carbocycles. The van der Waals surface area contributed by atoms with Gasteiger partial charge in [-0.15, -0.1) is 0 Å². The number of nitrogens with two attached hydrogens (primary N) is 1. The topological polar surface area (TPSA) is 55.9 Å². The Kier molecular flexibility index (Phi) is 4.58. The quantitative estimate of drug-likeness (QED) is 0.783. The largest absolute Gasteiger partial charge is 0.382 e. The smallest absolute Gasteiger partial charge is 0.0766 e. The molecule has 0 aliphatic heterocycles. The van der Waals surface area contributed by atoms with E-state index in [0.717, 1.165) is 24.3 Å². The second kappa shape index (κ2) is 6.38. The highest BCUT2D eigenvalue weighted by Crippen LogP contribution is 2.26. The Bertz CT molecular complexity index is 502. The minimum absolute atomic E-state index is 0.406. The number of hydrogen-bond donors (Lipinski definition) is 2. The summed E-state index contributed by atoms with van der Waals surface area (Å²) in [6, 6.07) is 10.2. The number of nitrogens with zero attached hydrogens (tertiary/aromatic N) is 2. The van der Waals surface area contributed by atoms with Crippen LogP contribution in [-0.2, 0) is 0 Å². The van der Waals surface area contributed by atoms with Crippen LogP contribution in [0.15, 0.2) is 36.5 Å². The van der Waals surface area contributed by atoms with Crippen LogP contribution in [0.1, 0.15) is 31.9 Å². The lowest BCUT2D eigenvalue weighted by Crippen LogP contribution is -2.11. The molecule has 0 aliphatic rings. The Morgan fingerprint density at radius 2 is 2.00 bits per heavy atom. The van der Waals surface area contributed by atoms with Gasteiger partial charge in [0.2, 0.25) is 0 Å². The van der Waals surface area contributed by atoms with E-state index in [4.69, 9.17) is 5.73 Å². The number of rotatable bonds is 6. The third kappa shape index (κ3) is 3.15. The van der Waals surface area contributed by atoms with Crippen molar-refractivity contribution in [2.75, 3.05) is 18.4 Å². The summed E-state index contributed by atoms with van der Waals surface area (Å²) in [7, 11) is 0. The molecular formula is C15H22N4. The molecule has 0 spiro atoms. The second-order valence-electron chi connectivity index (χ2n) is 4.91. The molecule has 0 fully saturated rings. The van der Waals surface area contributed by atoms with Crippen molar-refractivity contribution < 1.29 is 0 Å². The highest BCUT2D eigenvalue weighted by molar-refractivity contribution is 5.51. The first kappa shape index (κ1) is 13.6. The highest BCUT2D eigenvalue weighted by atomic mass is 15.3. The predicted molar refractivity (Wildman–Crippen MR) is 79.8 cm³/mol. The van der Waals surface area contributed by atoms with Crippen LogP contribution in [0.4, 0.5) is 5.69 Å². The van der Waals surface area contributed by atoms with Crippen LogP contribution < -0.4 is 11.1 Å². The van der Waals surface area contributed by atoms with E-state index in [0.29, 0.717) is 12.5 Å². The molecule has 2 rings (SSSR count). The molecular weight excluding hydrogens is 236 g/mol. The molecule has 0 atom stereocenters. The molecule has 19 heavy (non-hydrogen) atoms. The lowest BCUT2D eigenvalue weighted by atomic mass is 10.1. The van der Waals surface area contributed by atoms with E-state index in [1.807, 2.05) is 29.1 Å². The van der Waals surface area contributed by atoms with Gasteiger partial charge in [-0.25, -0.2) is 4.68 Å². The molecule has 0 radical (unpaired) electrons. The van der Waals surface area contributed by atoms with Gasteiger partial charge in [-0.1, -0.05) is 32.0 Å². The van der Waals surface area contributed by atoms with E-state index in [-0.39, 0.29) is 0 Å². The molecule has 1 heterocycles. The molecule has 2 aromatic rings. The average Bonchev–Trinajstić information content (AvgIpc) is 2.84. The normalized spacial score (nSPS) is 10.9. The number of aromatic nitrogens is 2. The summed E-state index contributed by atoms with van der Waals surface area (Å²) >= 11 is 0. The van der Waals surface area contributed by atoms with Gasteiger partial charge >= 0.3 is 0 Å². The van der Waals surface area contributed by atoms with Gasteiger partial charge in [-0.05, 0) is 31.0 Å². The Labute approximate surface area is 114 Å². The third-order valence-corrected chi connectivity index (χ3v) is 3.05. The molecule has 4 heteroatoms. The van der Waals surface area contributed by atoms with Crippen molar-refractivity contribution >= 4 is 5.69 Å². The third-order valence-electron chi connectivity index (χ3n) is 3.05. The van der Waals surface area contributed by atoms with Crippen molar-refractivity contribution in [2.45, 2.75) is 26.2 Å². The van der Waals surface area contributed by atoms with E-state index in [9.17, 15) is 0 Å². The monoisotopic (exact) mass is 258 g/mol. The summed E-state index contributed by atoms with van der Waals surface area (Å²) in [5.41, 5.74) is 8.94. The molecule has 4 nitrogen and oxygen atoms in total. The fraction of sp³-hybridized carbons (Fsp3) is 0.400. The molecule has 0 aliphatic carbocycles. The van der Waals surface area contributed by atoms with E-state index < -0.39 is 0 Å². The Hall–Kier alpha value is -1.81. The number of benzene rings is 1. The molecule has 1 aromatic heterocycles. The van der Waals surface area contributed by atoms with Crippen molar-refractivity contribution in [2.24, 2.45) is 5.73 Å². The first-order chi connectivity index (χ1) is 9.24. The maximum atomic E-state index is 5.53. The fourth-order valence-electron chi connectivity index (χ4n) is 2.15. The first-order valence-electron chi connectivity index (χ1n) is 6.81. The Balaban J connectivity index is 2.30. The first-order valence-corrected chi connectivity index (χ1v) is 6.81. The van der Waals surface area contributed by atoms with Crippen molar-refractivity contribution in [3.63, 3.8) is 0 Å². The minimum atomic E-state index is 0.406. The van der Waals surface area contributed by atoms with Crippen LogP contribution in [0.2, 0.25) is 0 Å². The fourth-order valence-corrected chi connectivity index (χ4v) is 2.15. The van der Waals surface area contributed by atoms with Gasteiger partial charge < -0.3 is 11.1 Å². The van der Waals surface area contributed by atoms with Gasteiger partial charge in [-0.2, -0.15) is 5.10 Å². The second-order valence-corrected chi connectivity index (χ2v) is 4.91. The molecule has 0 bridgehead atoms. The standard InChI is InChI=1S/C15H22N4/c1-12(2)15-14(17-10-6-9-16)11-18-19(15)13-7-4-3-5-8-13/h3-5,7-8,11-12,17H,6,9-10,16H2,1-2H3. The molecule has 3 N–H and O–H groups in total. The van der Waals surface area contributed by atoms with Crippen molar-refractivity contribution in [1.29, 1.82) is 0 Å². The zero-order valence-corrected chi connectivity index (χ0v) is 11.6. The van der Waals surface area contributed by atoms with Gasteiger partial charge in [0.05, 0.1) is 23.3 Å². The van der Waals surface area contributed by atoms with Crippen molar-refractivity contribution in [3.05, 3.63) is 42.2 Å². The number of anilines is 1. The Morgan fingerprint density at radius 3 is 2.63 bits per heavy atom. The van der Waals surface area contributed by atoms with Crippen molar-refractivity contribution in [3.8, 4) is 5.69 Å². The number of hydrogen-bond acceptors (Lipinski definition) is 3. The molecule has 0 amide bonds. The van der Waals surface area contributed by atoms with Gasteiger partial charge in [0.15, 0.2) is 0 Å². The number of nitrogens with one attached hydrogen (secondary N) is 1. The van der Waals surface area contributed by atoms with E-state index in [1.165, 1.54) is 5.69 Å². The zero-order chi connectivity index (χ0) is 13.7. The Morgan fingerprint density at radius 1 is 1.26 bits per heavy atom. The minimum Gasteiger partial charge on any atom is -0.382 e. The zero-order valence-electron chi connectivity index (χ0n) is 11.6. The van der Waals surface area contributed by atoms with Crippen LogP contribution in [0.3, 0.4) is 0 Å². The summed E-state index contributed by atoms with van der Waals surface area (Å²) < 4.78 is 2.01. The molecule has 0 unspecified atom stereocenters. The summed E-state index contributed by atoms with van der Waals surface area (Å²) in [6.07, 6.45) is 2.87. The van der Waals surface area contributed by atoms with E-state index in [2.05, 4.69) is 36.4 Å². The lowest BCUT2D eigenvalue weighted by molar-refractivity contribution is 0.734. The van der Waals surface area contributed by atoms with Crippen LogP contribution in [0.25, 0.3) is 5.69 Å². The average molecular weight is 258 g/mol. The van der Waals surface area contributed by atoms with Crippen LogP contribution in [0, 0.1) is 0 Å². The van der Waals surface area contributed by atoms with Crippen molar-refractivity contribution in [1.82, 2.24) is 9.78 Å². The van der Waals surface area contributed by atoms with Gasteiger partial charge in [0.1, 0.15) is 0 Å². The maximum absolute atomic E-state index is 5.53. The van der Waals surface area contributed by atoms with E-state index >= 15 is 0 Å². The van der Waals surface area contributed by atoms with Crippen LogP contribution >= 0.6 is 0 Å². The molecule has 102 valence electrons. The lowest BCUT2D eigenvalue weighted by Gasteiger charge is -2.13. The van der Waals surface area contributed by atoms with Gasteiger partial charge in [0.25, 0.3) is 0 Å². The molecule has 0 saturated heterocycles. The summed E-state index contributed by atoms with van der Waals surface area (Å²) in [5, 5.41) is 7.93. The van der Waals surface area contributed by atoms with Gasteiger partial charge in [0, 0.05) is 6.54 Å². The summed E-state index contributed by atoms with van der Waals surface area (Å²) in [5.74, 6) is 0.406. The van der Waals surface area contributed by atoms with Crippen LogP contribution in [-0.4, -0.2) is 22.9 Å².